The Labute approximate surface area is 240 Å². The van der Waals surface area contributed by atoms with Crippen molar-refractivity contribution in [1.29, 1.82) is 0 Å². The van der Waals surface area contributed by atoms with Crippen molar-refractivity contribution in [2.45, 2.75) is 144 Å². The first kappa shape index (κ1) is 32.8. The van der Waals surface area contributed by atoms with Crippen LogP contribution in [0, 0.1) is 0 Å². The average molecular weight is 538 g/mol. The Morgan fingerprint density at radius 1 is 0.821 bits per heavy atom. The molecule has 2 rings (SSSR count). The third kappa shape index (κ3) is 12.1. The third-order valence-corrected chi connectivity index (χ3v) is 7.46. The van der Waals surface area contributed by atoms with Gasteiger partial charge in [-0.3, -0.25) is 4.79 Å². The van der Waals surface area contributed by atoms with Crippen LogP contribution in [0.25, 0.3) is 0 Å². The number of nitrogens with zero attached hydrogens (tertiary/aromatic N) is 2. The van der Waals surface area contributed by atoms with Crippen LogP contribution < -0.4 is 14.2 Å². The highest BCUT2D eigenvalue weighted by Crippen LogP contribution is 2.39. The van der Waals surface area contributed by atoms with Gasteiger partial charge in [0.05, 0.1) is 18.8 Å². The first-order valence-electron chi connectivity index (χ1n) is 15.8. The van der Waals surface area contributed by atoms with Crippen molar-refractivity contribution >= 4 is 11.6 Å². The minimum absolute atomic E-state index is 0.0298. The molecule has 4 heteroatoms. The molecule has 0 aliphatic heterocycles. The van der Waals surface area contributed by atoms with Gasteiger partial charge in [-0.2, -0.15) is 0 Å². The molecule has 2 aromatic rings. The molecule has 0 atom stereocenters. The molecule has 0 saturated carbocycles. The van der Waals surface area contributed by atoms with E-state index in [1.807, 2.05) is 11.0 Å². The number of rotatable bonds is 19. The highest BCUT2D eigenvalue weighted by Gasteiger charge is 2.25. The number of carbonyl (C=O) groups is 1. The van der Waals surface area contributed by atoms with Gasteiger partial charge in [-0.1, -0.05) is 117 Å². The molecule has 0 aliphatic rings. The molecule has 1 heterocycles. The predicted molar refractivity (Wildman–Crippen MR) is 166 cm³/mol. The zero-order chi connectivity index (χ0) is 28.5. The van der Waals surface area contributed by atoms with Crippen LogP contribution >= 0.6 is 0 Å². The molecule has 0 N–H and O–H groups in total. The molecular formula is C35H57N2O2+. The number of hydrogen-bond donors (Lipinski definition) is 0. The summed E-state index contributed by atoms with van der Waals surface area (Å²) in [5.74, 6) is 0.891. The van der Waals surface area contributed by atoms with Crippen LogP contribution in [-0.2, 0) is 23.3 Å². The molecule has 0 radical (unpaired) electrons. The minimum atomic E-state index is -0.0821. The van der Waals surface area contributed by atoms with E-state index < -0.39 is 0 Å². The second-order valence-electron chi connectivity index (χ2n) is 12.2. The molecule has 0 saturated heterocycles. The normalized spacial score (nSPS) is 11.5. The van der Waals surface area contributed by atoms with Crippen molar-refractivity contribution in [3.05, 3.63) is 53.9 Å². The molecule has 0 spiro atoms. The van der Waals surface area contributed by atoms with E-state index in [0.717, 1.165) is 42.0 Å². The fraction of sp³-hybridized carbons (Fsp3) is 0.657. The molecule has 0 unspecified atom stereocenters. The standard InChI is InChI=1S/C35H57N2O2/c1-7-9-10-11-12-13-14-15-16-17-18-19-27-39-34-32(35(4,5)6)23-20-24-33(34)37(30(3)38)29-31-22-21-26-36(28-31)25-8-2/h20-24,26,28H,7-19,25,27,29H2,1-6H3/q+1. The Balaban J connectivity index is 1.98. The highest BCUT2D eigenvalue weighted by molar-refractivity contribution is 5.93. The second kappa shape index (κ2) is 18.1. The summed E-state index contributed by atoms with van der Waals surface area (Å²) in [4.78, 5) is 14.8. The zero-order valence-electron chi connectivity index (χ0n) is 26.1. The van der Waals surface area contributed by atoms with E-state index >= 15 is 0 Å². The first-order chi connectivity index (χ1) is 18.8. The Morgan fingerprint density at radius 2 is 1.44 bits per heavy atom. The number of ether oxygens (including phenoxy) is 1. The summed E-state index contributed by atoms with van der Waals surface area (Å²) in [7, 11) is 0. The first-order valence-corrected chi connectivity index (χ1v) is 15.8. The molecule has 1 aromatic heterocycles. The number of hydrogen-bond acceptors (Lipinski definition) is 2. The molecule has 0 bridgehead atoms. The Hall–Kier alpha value is -2.36. The van der Waals surface area contributed by atoms with Crippen molar-refractivity contribution in [2.75, 3.05) is 11.5 Å². The van der Waals surface area contributed by atoms with Gasteiger partial charge in [0.2, 0.25) is 5.91 Å². The molecular weight excluding hydrogens is 480 g/mol. The Morgan fingerprint density at radius 3 is 2.00 bits per heavy atom. The van der Waals surface area contributed by atoms with Gasteiger partial charge in [0.15, 0.2) is 12.4 Å². The number of amides is 1. The molecule has 1 amide bonds. The lowest BCUT2D eigenvalue weighted by molar-refractivity contribution is -0.697. The predicted octanol–water partition coefficient (Wildman–Crippen LogP) is 9.31. The number of aryl methyl sites for hydroxylation is 1. The SMILES string of the molecule is CCCCCCCCCCCCCCOc1c(N(Cc2ccc[n+](CCC)c2)C(C)=O)cccc1C(C)(C)C. The van der Waals surface area contributed by atoms with Crippen molar-refractivity contribution in [1.82, 2.24) is 0 Å². The lowest BCUT2D eigenvalue weighted by Crippen LogP contribution is -2.35. The minimum Gasteiger partial charge on any atom is -0.491 e. The maximum absolute atomic E-state index is 12.9. The number of carbonyl (C=O) groups excluding carboxylic acids is 1. The van der Waals surface area contributed by atoms with E-state index in [1.165, 1.54) is 70.6 Å². The van der Waals surface area contributed by atoms with Gasteiger partial charge in [-0.05, 0) is 24.0 Å². The van der Waals surface area contributed by atoms with Gasteiger partial charge in [0, 0.05) is 30.5 Å². The second-order valence-corrected chi connectivity index (χ2v) is 12.2. The van der Waals surface area contributed by atoms with Crippen LogP contribution in [0.5, 0.6) is 5.75 Å². The summed E-state index contributed by atoms with van der Waals surface area (Å²) >= 11 is 0. The maximum Gasteiger partial charge on any atom is 0.224 e. The molecule has 39 heavy (non-hydrogen) atoms. The van der Waals surface area contributed by atoms with E-state index in [4.69, 9.17) is 4.74 Å². The van der Waals surface area contributed by atoms with Gasteiger partial charge >= 0.3 is 0 Å². The number of para-hydroxylation sites is 1. The lowest BCUT2D eigenvalue weighted by Gasteiger charge is -2.29. The smallest absolute Gasteiger partial charge is 0.224 e. The van der Waals surface area contributed by atoms with E-state index in [9.17, 15) is 4.79 Å². The monoisotopic (exact) mass is 537 g/mol. The summed E-state index contributed by atoms with van der Waals surface area (Å²) in [6.45, 7) is 14.9. The Bertz CT molecular complexity index is 963. The number of unbranched alkanes of at least 4 members (excludes halogenated alkanes) is 11. The summed E-state index contributed by atoms with van der Waals surface area (Å²) in [6.07, 6.45) is 21.2. The van der Waals surface area contributed by atoms with Gasteiger partial charge in [0.25, 0.3) is 0 Å². The number of aromatic nitrogens is 1. The number of anilines is 1. The van der Waals surface area contributed by atoms with E-state index in [-0.39, 0.29) is 11.3 Å². The quantitative estimate of drug-likeness (QED) is 0.132. The van der Waals surface area contributed by atoms with E-state index in [1.54, 1.807) is 6.92 Å². The zero-order valence-corrected chi connectivity index (χ0v) is 26.1. The summed E-state index contributed by atoms with van der Waals surface area (Å²) in [5.41, 5.74) is 3.06. The molecule has 0 fully saturated rings. The van der Waals surface area contributed by atoms with Crippen LogP contribution in [0.4, 0.5) is 5.69 Å². The molecule has 218 valence electrons. The fourth-order valence-electron chi connectivity index (χ4n) is 5.21. The van der Waals surface area contributed by atoms with E-state index in [0.29, 0.717) is 13.2 Å². The van der Waals surface area contributed by atoms with Gasteiger partial charge in [-0.25, -0.2) is 4.57 Å². The fourth-order valence-corrected chi connectivity index (χ4v) is 5.21. The Kier molecular flexibility index (Phi) is 15.2. The van der Waals surface area contributed by atoms with Crippen molar-refractivity contribution in [3.8, 4) is 5.75 Å². The number of benzene rings is 1. The van der Waals surface area contributed by atoms with Crippen LogP contribution in [0.2, 0.25) is 0 Å². The number of pyridine rings is 1. The highest BCUT2D eigenvalue weighted by atomic mass is 16.5. The average Bonchev–Trinajstić information content (AvgIpc) is 2.89. The van der Waals surface area contributed by atoms with Gasteiger partial charge in [0.1, 0.15) is 12.3 Å². The van der Waals surface area contributed by atoms with Gasteiger partial charge in [-0.15, -0.1) is 0 Å². The molecule has 0 aliphatic carbocycles. The van der Waals surface area contributed by atoms with Crippen LogP contribution in [0.1, 0.15) is 136 Å². The maximum atomic E-state index is 12.9. The summed E-state index contributed by atoms with van der Waals surface area (Å²) in [5, 5.41) is 0. The molecule has 1 aromatic carbocycles. The third-order valence-electron chi connectivity index (χ3n) is 7.46. The van der Waals surface area contributed by atoms with Crippen molar-refractivity contribution < 1.29 is 14.1 Å². The largest absolute Gasteiger partial charge is 0.491 e. The van der Waals surface area contributed by atoms with Crippen LogP contribution in [0.3, 0.4) is 0 Å². The summed E-state index contributed by atoms with van der Waals surface area (Å²) < 4.78 is 8.72. The topological polar surface area (TPSA) is 33.4 Å². The van der Waals surface area contributed by atoms with Crippen LogP contribution in [-0.4, -0.2) is 12.5 Å². The van der Waals surface area contributed by atoms with Crippen molar-refractivity contribution in [3.63, 3.8) is 0 Å². The van der Waals surface area contributed by atoms with E-state index in [2.05, 4.69) is 75.8 Å². The molecule has 4 nitrogen and oxygen atoms in total. The van der Waals surface area contributed by atoms with Crippen molar-refractivity contribution in [2.24, 2.45) is 0 Å². The van der Waals surface area contributed by atoms with Gasteiger partial charge < -0.3 is 9.64 Å². The summed E-state index contributed by atoms with van der Waals surface area (Å²) in [6, 6.07) is 10.4. The lowest BCUT2D eigenvalue weighted by atomic mass is 9.85. The van der Waals surface area contributed by atoms with Crippen LogP contribution in [0.15, 0.2) is 42.7 Å².